The van der Waals surface area contributed by atoms with Crippen LogP contribution in [0, 0.1) is 0 Å². The van der Waals surface area contributed by atoms with Gasteiger partial charge in [0.05, 0.1) is 6.61 Å². The molecule has 0 saturated heterocycles. The first-order valence-corrected chi connectivity index (χ1v) is 7.22. The number of nitrogens with one attached hydrogen (secondary N) is 1. The highest BCUT2D eigenvalue weighted by atomic mass is 35.5. The molecule has 5 heteroatoms. The van der Waals surface area contributed by atoms with Gasteiger partial charge < -0.3 is 15.2 Å². The van der Waals surface area contributed by atoms with E-state index in [1.54, 1.807) is 19.1 Å². The zero-order chi connectivity index (χ0) is 15.0. The predicted octanol–water partition coefficient (Wildman–Crippen LogP) is 3.34. The third-order valence-corrected chi connectivity index (χ3v) is 3.39. The van der Waals surface area contributed by atoms with E-state index >= 15 is 0 Å². The summed E-state index contributed by atoms with van der Waals surface area (Å²) in [4.78, 5) is 11.2. The Morgan fingerprint density at radius 1 is 1.40 bits per heavy atom. The second kappa shape index (κ2) is 8.12. The van der Waals surface area contributed by atoms with Gasteiger partial charge in [0.25, 0.3) is 0 Å². The van der Waals surface area contributed by atoms with E-state index in [0.29, 0.717) is 24.6 Å². The first-order valence-electron chi connectivity index (χ1n) is 6.85. The van der Waals surface area contributed by atoms with Gasteiger partial charge in [0.1, 0.15) is 11.3 Å². The maximum Gasteiger partial charge on any atom is 0.323 e. The van der Waals surface area contributed by atoms with Crippen molar-refractivity contribution in [3.8, 4) is 5.75 Å². The van der Waals surface area contributed by atoms with Crippen molar-refractivity contribution < 1.29 is 14.6 Å². The normalized spacial score (nSPS) is 13.8. The molecule has 0 amide bonds. The summed E-state index contributed by atoms with van der Waals surface area (Å²) in [7, 11) is 0. The van der Waals surface area contributed by atoms with Crippen molar-refractivity contribution in [1.29, 1.82) is 0 Å². The van der Waals surface area contributed by atoms with E-state index in [1.165, 1.54) is 0 Å². The summed E-state index contributed by atoms with van der Waals surface area (Å²) in [6.45, 7) is 4.85. The minimum Gasteiger partial charge on any atom is -0.494 e. The van der Waals surface area contributed by atoms with Crippen LogP contribution in [0.5, 0.6) is 5.75 Å². The van der Waals surface area contributed by atoms with E-state index in [-0.39, 0.29) is 0 Å². The number of aliphatic carboxylic acids is 1. The van der Waals surface area contributed by atoms with Crippen LogP contribution in [0.25, 0.3) is 0 Å². The quantitative estimate of drug-likeness (QED) is 0.687. The number of halogens is 1. The van der Waals surface area contributed by atoms with Gasteiger partial charge >= 0.3 is 5.97 Å². The molecule has 112 valence electrons. The molecule has 20 heavy (non-hydrogen) atoms. The maximum absolute atomic E-state index is 11.2. The van der Waals surface area contributed by atoms with Gasteiger partial charge in [-0.05, 0) is 50.6 Å². The van der Waals surface area contributed by atoms with Gasteiger partial charge in [-0.2, -0.15) is 0 Å². The number of carbonyl (C=O) groups is 1. The van der Waals surface area contributed by atoms with Crippen LogP contribution in [0.3, 0.4) is 0 Å². The van der Waals surface area contributed by atoms with Gasteiger partial charge in [0.15, 0.2) is 0 Å². The lowest BCUT2D eigenvalue weighted by Crippen LogP contribution is -2.49. The molecule has 0 aromatic heterocycles. The lowest BCUT2D eigenvalue weighted by molar-refractivity contribution is -0.144. The lowest BCUT2D eigenvalue weighted by atomic mass is 9.96. The number of carboxylic acid groups (broad SMARTS) is 1. The molecule has 0 fully saturated rings. The van der Waals surface area contributed by atoms with E-state index in [1.807, 2.05) is 19.1 Å². The second-order valence-corrected chi connectivity index (χ2v) is 5.41. The van der Waals surface area contributed by atoms with Crippen molar-refractivity contribution in [3.05, 3.63) is 29.3 Å². The Bertz CT molecular complexity index is 422. The van der Waals surface area contributed by atoms with Crippen LogP contribution >= 0.6 is 11.6 Å². The van der Waals surface area contributed by atoms with Crippen LogP contribution in [0.1, 0.15) is 33.1 Å². The number of ether oxygens (including phenoxy) is 1. The van der Waals surface area contributed by atoms with Gasteiger partial charge in [-0.1, -0.05) is 24.9 Å². The second-order valence-electron chi connectivity index (χ2n) is 4.97. The van der Waals surface area contributed by atoms with Crippen LogP contribution in [0.4, 0.5) is 0 Å². The minimum absolute atomic E-state index is 0.538. The summed E-state index contributed by atoms with van der Waals surface area (Å²) in [5, 5.41) is 13.0. The molecule has 0 saturated carbocycles. The van der Waals surface area contributed by atoms with Crippen LogP contribution < -0.4 is 10.1 Å². The Hall–Kier alpha value is -1.26. The average molecular weight is 300 g/mol. The Morgan fingerprint density at radius 3 is 2.60 bits per heavy atom. The highest BCUT2D eigenvalue weighted by Gasteiger charge is 2.30. The van der Waals surface area contributed by atoms with E-state index in [0.717, 1.165) is 18.6 Å². The lowest BCUT2D eigenvalue weighted by Gasteiger charge is -2.25. The molecule has 0 aliphatic heterocycles. The van der Waals surface area contributed by atoms with E-state index in [4.69, 9.17) is 16.3 Å². The highest BCUT2D eigenvalue weighted by Crippen LogP contribution is 2.16. The van der Waals surface area contributed by atoms with Crippen LogP contribution in [-0.2, 0) is 4.79 Å². The van der Waals surface area contributed by atoms with Gasteiger partial charge in [0, 0.05) is 5.02 Å². The topological polar surface area (TPSA) is 58.6 Å². The first-order chi connectivity index (χ1) is 9.48. The van der Waals surface area contributed by atoms with Crippen molar-refractivity contribution in [1.82, 2.24) is 5.32 Å². The molecule has 1 atom stereocenters. The number of carboxylic acids is 1. The van der Waals surface area contributed by atoms with Gasteiger partial charge in [-0.3, -0.25) is 4.79 Å². The molecule has 1 unspecified atom stereocenters. The summed E-state index contributed by atoms with van der Waals surface area (Å²) >= 11 is 5.78. The smallest absolute Gasteiger partial charge is 0.323 e. The zero-order valence-corrected chi connectivity index (χ0v) is 12.7. The van der Waals surface area contributed by atoms with Crippen molar-refractivity contribution in [2.45, 2.75) is 38.6 Å². The number of rotatable bonds is 9. The molecular weight excluding hydrogens is 278 g/mol. The standard InChI is InChI=1S/C15H22ClNO3/c1-3-9-15(2,14(18)19)17-10-4-11-20-13-7-5-12(16)6-8-13/h5-8,17H,3-4,9-11H2,1-2H3,(H,18,19). The number of benzene rings is 1. The summed E-state index contributed by atoms with van der Waals surface area (Å²) in [6.07, 6.45) is 2.19. The Balaban J connectivity index is 2.27. The van der Waals surface area contributed by atoms with E-state index in [2.05, 4.69) is 5.32 Å². The number of hydrogen-bond donors (Lipinski definition) is 2. The molecule has 0 aliphatic rings. The molecule has 4 nitrogen and oxygen atoms in total. The molecule has 0 spiro atoms. The van der Waals surface area contributed by atoms with Crippen molar-refractivity contribution in [2.24, 2.45) is 0 Å². The predicted molar refractivity (Wildman–Crippen MR) is 80.5 cm³/mol. The zero-order valence-electron chi connectivity index (χ0n) is 12.0. The monoisotopic (exact) mass is 299 g/mol. The SMILES string of the molecule is CCCC(C)(NCCCOc1ccc(Cl)cc1)C(=O)O. The fourth-order valence-corrected chi connectivity index (χ4v) is 2.05. The molecule has 0 radical (unpaired) electrons. The third kappa shape index (κ3) is 5.39. The summed E-state index contributed by atoms with van der Waals surface area (Å²) in [5.74, 6) is -0.0399. The van der Waals surface area contributed by atoms with Crippen LogP contribution in [0.15, 0.2) is 24.3 Å². The molecule has 1 aromatic carbocycles. The highest BCUT2D eigenvalue weighted by molar-refractivity contribution is 6.30. The summed E-state index contributed by atoms with van der Waals surface area (Å²) in [5.41, 5.74) is -0.852. The molecule has 0 heterocycles. The fourth-order valence-electron chi connectivity index (χ4n) is 1.93. The Labute approximate surface area is 125 Å². The molecule has 0 bridgehead atoms. The third-order valence-electron chi connectivity index (χ3n) is 3.14. The summed E-state index contributed by atoms with van der Waals surface area (Å²) < 4.78 is 5.55. The molecule has 2 N–H and O–H groups in total. The van der Waals surface area contributed by atoms with Crippen molar-refractivity contribution >= 4 is 17.6 Å². The van der Waals surface area contributed by atoms with Crippen LogP contribution in [0.2, 0.25) is 5.02 Å². The summed E-state index contributed by atoms with van der Waals surface area (Å²) in [6, 6.07) is 7.18. The number of hydrogen-bond acceptors (Lipinski definition) is 3. The van der Waals surface area contributed by atoms with Crippen molar-refractivity contribution in [2.75, 3.05) is 13.2 Å². The fraction of sp³-hybridized carbons (Fsp3) is 0.533. The maximum atomic E-state index is 11.2. The Morgan fingerprint density at radius 2 is 2.05 bits per heavy atom. The minimum atomic E-state index is -0.852. The van der Waals surface area contributed by atoms with E-state index < -0.39 is 11.5 Å². The molecule has 0 aliphatic carbocycles. The largest absolute Gasteiger partial charge is 0.494 e. The molecule has 1 rings (SSSR count). The van der Waals surface area contributed by atoms with Crippen molar-refractivity contribution in [3.63, 3.8) is 0 Å². The molecular formula is C15H22ClNO3. The van der Waals surface area contributed by atoms with E-state index in [9.17, 15) is 9.90 Å². The molecule has 1 aromatic rings. The van der Waals surface area contributed by atoms with Crippen LogP contribution in [-0.4, -0.2) is 29.8 Å². The average Bonchev–Trinajstić information content (AvgIpc) is 2.40. The first kappa shape index (κ1) is 16.8. The Kier molecular flexibility index (Phi) is 6.82. The van der Waals surface area contributed by atoms with Gasteiger partial charge in [0.2, 0.25) is 0 Å². The van der Waals surface area contributed by atoms with Gasteiger partial charge in [-0.15, -0.1) is 0 Å². The van der Waals surface area contributed by atoms with Gasteiger partial charge in [-0.25, -0.2) is 0 Å².